The van der Waals surface area contributed by atoms with Gasteiger partial charge in [0, 0.05) is 50.9 Å². The van der Waals surface area contributed by atoms with Crippen LogP contribution < -0.4 is 9.64 Å². The first-order valence-corrected chi connectivity index (χ1v) is 9.38. The average Bonchev–Trinajstić information content (AvgIpc) is 3.19. The molecule has 26 heavy (non-hydrogen) atoms. The van der Waals surface area contributed by atoms with Gasteiger partial charge in [-0.2, -0.15) is 0 Å². The van der Waals surface area contributed by atoms with E-state index in [0.717, 1.165) is 37.2 Å². The molecule has 0 spiro atoms. The van der Waals surface area contributed by atoms with E-state index in [4.69, 9.17) is 9.15 Å². The van der Waals surface area contributed by atoms with E-state index in [1.54, 1.807) is 7.11 Å². The monoisotopic (exact) mass is 357 g/mol. The fourth-order valence-electron chi connectivity index (χ4n) is 3.83. The molecule has 7 heteroatoms. The lowest BCUT2D eigenvalue weighted by atomic mass is 10.0. The summed E-state index contributed by atoms with van der Waals surface area (Å²) in [6.07, 6.45) is 2.31. The maximum absolute atomic E-state index is 5.93. The lowest BCUT2D eigenvalue weighted by Gasteiger charge is -2.41. The second-order valence-electron chi connectivity index (χ2n) is 7.18. The maximum Gasteiger partial charge on any atom is 0.318 e. The Hall–Kier alpha value is -2.12. The number of piperidine rings is 1. The summed E-state index contributed by atoms with van der Waals surface area (Å²) < 4.78 is 11.2. The quantitative estimate of drug-likeness (QED) is 0.829. The Morgan fingerprint density at radius 2 is 1.81 bits per heavy atom. The number of ether oxygens (including phenoxy) is 1. The second kappa shape index (κ2) is 7.63. The van der Waals surface area contributed by atoms with Gasteiger partial charge in [-0.05, 0) is 38.1 Å². The van der Waals surface area contributed by atoms with Crippen LogP contribution in [0.15, 0.2) is 28.7 Å². The first kappa shape index (κ1) is 17.3. The number of piperazine rings is 1. The van der Waals surface area contributed by atoms with Gasteiger partial charge in [-0.25, -0.2) is 0 Å². The molecule has 2 fully saturated rings. The van der Waals surface area contributed by atoms with Gasteiger partial charge in [0.2, 0.25) is 5.89 Å². The third kappa shape index (κ3) is 3.68. The van der Waals surface area contributed by atoms with Gasteiger partial charge in [0.1, 0.15) is 5.75 Å². The Balaban J connectivity index is 1.37. The van der Waals surface area contributed by atoms with Crippen LogP contribution in [0.2, 0.25) is 0 Å². The highest BCUT2D eigenvalue weighted by Gasteiger charge is 2.28. The van der Waals surface area contributed by atoms with E-state index in [-0.39, 0.29) is 0 Å². The van der Waals surface area contributed by atoms with Crippen molar-refractivity contribution in [2.75, 3.05) is 58.3 Å². The molecule has 0 unspecified atom stereocenters. The number of likely N-dealkylation sites (N-methyl/N-ethyl adjacent to an activating group) is 1. The third-order valence-corrected chi connectivity index (χ3v) is 5.52. The fourth-order valence-corrected chi connectivity index (χ4v) is 3.83. The molecule has 2 saturated heterocycles. The Morgan fingerprint density at radius 3 is 2.54 bits per heavy atom. The minimum atomic E-state index is 0.542. The van der Waals surface area contributed by atoms with E-state index in [9.17, 15) is 0 Å². The highest BCUT2D eigenvalue weighted by molar-refractivity contribution is 5.56. The molecule has 1 aromatic heterocycles. The number of anilines is 1. The summed E-state index contributed by atoms with van der Waals surface area (Å²) in [5.74, 6) is 1.33. The predicted molar refractivity (Wildman–Crippen MR) is 101 cm³/mol. The Morgan fingerprint density at radius 1 is 1.04 bits per heavy atom. The molecule has 0 bridgehead atoms. The zero-order chi connectivity index (χ0) is 17.9. The Bertz CT molecular complexity index is 718. The van der Waals surface area contributed by atoms with Crippen molar-refractivity contribution in [3.63, 3.8) is 0 Å². The van der Waals surface area contributed by atoms with Crippen molar-refractivity contribution in [3.8, 4) is 17.2 Å². The predicted octanol–water partition coefficient (Wildman–Crippen LogP) is 1.96. The molecule has 2 aliphatic heterocycles. The van der Waals surface area contributed by atoms with E-state index in [1.807, 2.05) is 24.3 Å². The summed E-state index contributed by atoms with van der Waals surface area (Å²) in [5, 5.41) is 8.49. The van der Waals surface area contributed by atoms with Gasteiger partial charge < -0.3 is 19.0 Å². The molecule has 0 amide bonds. The van der Waals surface area contributed by atoms with Crippen LogP contribution in [0.1, 0.15) is 12.8 Å². The highest BCUT2D eigenvalue weighted by atomic mass is 16.5. The molecule has 0 saturated carbocycles. The SMILES string of the molecule is COc1cccc(-c2nnc(N3CCC(N4CCN(C)CC4)CC3)o2)c1. The van der Waals surface area contributed by atoms with Crippen molar-refractivity contribution in [2.45, 2.75) is 18.9 Å². The molecule has 7 nitrogen and oxygen atoms in total. The summed E-state index contributed by atoms with van der Waals surface area (Å²) >= 11 is 0. The molecular formula is C19H27N5O2. The maximum atomic E-state index is 5.93. The van der Waals surface area contributed by atoms with Crippen molar-refractivity contribution in [2.24, 2.45) is 0 Å². The van der Waals surface area contributed by atoms with Gasteiger partial charge in [-0.1, -0.05) is 11.2 Å². The van der Waals surface area contributed by atoms with Crippen LogP contribution in [-0.2, 0) is 0 Å². The number of rotatable bonds is 4. The molecule has 0 atom stereocenters. The van der Waals surface area contributed by atoms with Gasteiger partial charge in [-0.3, -0.25) is 4.90 Å². The normalized spacial score (nSPS) is 20.5. The van der Waals surface area contributed by atoms with E-state index < -0.39 is 0 Å². The largest absolute Gasteiger partial charge is 0.497 e. The molecule has 0 N–H and O–H groups in total. The molecule has 2 aromatic rings. The van der Waals surface area contributed by atoms with Crippen LogP contribution in [-0.4, -0.2) is 79.5 Å². The number of nitrogens with zero attached hydrogens (tertiary/aromatic N) is 5. The van der Waals surface area contributed by atoms with E-state index >= 15 is 0 Å². The summed E-state index contributed by atoms with van der Waals surface area (Å²) in [5.41, 5.74) is 0.885. The van der Waals surface area contributed by atoms with E-state index in [1.165, 1.54) is 26.2 Å². The molecule has 1 aromatic carbocycles. The first-order valence-electron chi connectivity index (χ1n) is 9.38. The molecule has 2 aliphatic rings. The van der Waals surface area contributed by atoms with Crippen LogP contribution in [0.5, 0.6) is 5.75 Å². The molecule has 3 heterocycles. The summed E-state index contributed by atoms with van der Waals surface area (Å²) in [4.78, 5) is 7.26. The summed E-state index contributed by atoms with van der Waals surface area (Å²) in [6, 6.07) is 9.01. The van der Waals surface area contributed by atoms with Crippen molar-refractivity contribution < 1.29 is 9.15 Å². The molecule has 4 rings (SSSR count). The number of aromatic nitrogens is 2. The van der Waals surface area contributed by atoms with Crippen LogP contribution in [0.4, 0.5) is 6.01 Å². The van der Waals surface area contributed by atoms with Crippen molar-refractivity contribution >= 4 is 6.01 Å². The van der Waals surface area contributed by atoms with Crippen LogP contribution in [0.25, 0.3) is 11.5 Å². The zero-order valence-corrected chi connectivity index (χ0v) is 15.6. The van der Waals surface area contributed by atoms with Gasteiger partial charge in [0.05, 0.1) is 7.11 Å². The van der Waals surface area contributed by atoms with Crippen LogP contribution in [0.3, 0.4) is 0 Å². The van der Waals surface area contributed by atoms with E-state index in [2.05, 4.69) is 31.9 Å². The Kier molecular flexibility index (Phi) is 5.08. The summed E-state index contributed by atoms with van der Waals surface area (Å²) in [6.45, 7) is 6.65. The summed E-state index contributed by atoms with van der Waals surface area (Å²) in [7, 11) is 3.86. The number of hydrogen-bond acceptors (Lipinski definition) is 7. The molecule has 0 aliphatic carbocycles. The number of hydrogen-bond donors (Lipinski definition) is 0. The van der Waals surface area contributed by atoms with E-state index in [0.29, 0.717) is 17.9 Å². The lowest BCUT2D eigenvalue weighted by Crippen LogP contribution is -2.52. The first-order chi connectivity index (χ1) is 12.7. The van der Waals surface area contributed by atoms with Gasteiger partial charge in [-0.15, -0.1) is 5.10 Å². The number of methoxy groups -OCH3 is 1. The minimum Gasteiger partial charge on any atom is -0.497 e. The zero-order valence-electron chi connectivity index (χ0n) is 15.6. The van der Waals surface area contributed by atoms with Gasteiger partial charge in [0.15, 0.2) is 0 Å². The minimum absolute atomic E-state index is 0.542. The highest BCUT2D eigenvalue weighted by Crippen LogP contribution is 2.27. The second-order valence-corrected chi connectivity index (χ2v) is 7.18. The standard InChI is InChI=1S/C19H27N5O2/c1-22-10-12-23(13-11-22)16-6-8-24(9-7-16)19-21-20-18(26-19)15-4-3-5-17(14-15)25-2/h3-5,14,16H,6-13H2,1-2H3. The Labute approximate surface area is 154 Å². The van der Waals surface area contributed by atoms with Crippen molar-refractivity contribution in [1.29, 1.82) is 0 Å². The lowest BCUT2D eigenvalue weighted by molar-refractivity contribution is 0.0976. The molecular weight excluding hydrogens is 330 g/mol. The van der Waals surface area contributed by atoms with Crippen molar-refractivity contribution in [3.05, 3.63) is 24.3 Å². The van der Waals surface area contributed by atoms with Crippen LogP contribution >= 0.6 is 0 Å². The van der Waals surface area contributed by atoms with Crippen molar-refractivity contribution in [1.82, 2.24) is 20.0 Å². The van der Waals surface area contributed by atoms with Crippen LogP contribution in [0, 0.1) is 0 Å². The molecule has 0 radical (unpaired) electrons. The third-order valence-electron chi connectivity index (χ3n) is 5.52. The topological polar surface area (TPSA) is 57.9 Å². The molecule has 140 valence electrons. The van der Waals surface area contributed by atoms with Gasteiger partial charge in [0.25, 0.3) is 0 Å². The average molecular weight is 357 g/mol. The smallest absolute Gasteiger partial charge is 0.318 e. The van der Waals surface area contributed by atoms with Gasteiger partial charge >= 0.3 is 6.01 Å². The number of benzene rings is 1. The fraction of sp³-hybridized carbons (Fsp3) is 0.579.